The molecule has 22 heavy (non-hydrogen) atoms. The molecule has 1 fully saturated rings. The van der Waals surface area contributed by atoms with Gasteiger partial charge in [-0.2, -0.15) is 0 Å². The third-order valence-electron chi connectivity index (χ3n) is 4.04. The van der Waals surface area contributed by atoms with Crippen molar-refractivity contribution >= 4 is 17.5 Å². The van der Waals surface area contributed by atoms with Crippen molar-refractivity contribution in [2.45, 2.75) is 18.9 Å². The van der Waals surface area contributed by atoms with Crippen LogP contribution in [0, 0.1) is 0 Å². The first kappa shape index (κ1) is 15.0. The molecular formula is C17H19ClN2O2. The number of aromatic nitrogens is 1. The summed E-state index contributed by atoms with van der Waals surface area (Å²) in [5.74, 6) is 0.709. The minimum atomic E-state index is 0.0425. The van der Waals surface area contributed by atoms with Crippen LogP contribution >= 0.6 is 11.6 Å². The number of halogens is 1. The number of hydrogen-bond acceptors (Lipinski definition) is 2. The van der Waals surface area contributed by atoms with Crippen molar-refractivity contribution in [2.75, 3.05) is 19.7 Å². The van der Waals surface area contributed by atoms with Gasteiger partial charge < -0.3 is 14.2 Å². The van der Waals surface area contributed by atoms with Gasteiger partial charge >= 0.3 is 0 Å². The third kappa shape index (κ3) is 3.63. The summed E-state index contributed by atoms with van der Waals surface area (Å²) in [7, 11) is 0. The SMILES string of the molecule is O=C(COc1ccc(Cl)cc1)N1CCC(n2cccc2)CC1. The summed E-state index contributed by atoms with van der Waals surface area (Å²) in [6, 6.07) is 11.6. The minimum absolute atomic E-state index is 0.0425. The molecule has 3 rings (SSSR count). The van der Waals surface area contributed by atoms with Crippen LogP contribution in [0.2, 0.25) is 5.02 Å². The van der Waals surface area contributed by atoms with Gasteiger partial charge in [-0.1, -0.05) is 11.6 Å². The zero-order valence-electron chi connectivity index (χ0n) is 12.3. The van der Waals surface area contributed by atoms with Gasteiger partial charge in [-0.15, -0.1) is 0 Å². The van der Waals surface area contributed by atoms with Crippen molar-refractivity contribution in [2.24, 2.45) is 0 Å². The number of piperidine rings is 1. The molecule has 0 N–H and O–H groups in total. The standard InChI is InChI=1S/C17H19ClN2O2/c18-14-3-5-16(6-4-14)22-13-17(21)20-11-7-15(8-12-20)19-9-1-2-10-19/h1-6,9-10,15H,7-8,11-13H2. The highest BCUT2D eigenvalue weighted by molar-refractivity contribution is 6.30. The molecule has 0 spiro atoms. The normalized spacial score (nSPS) is 15.8. The van der Waals surface area contributed by atoms with Gasteiger partial charge in [0.25, 0.3) is 5.91 Å². The molecule has 1 aliphatic rings. The van der Waals surface area contributed by atoms with Gasteiger partial charge in [-0.05, 0) is 49.2 Å². The fraction of sp³-hybridized carbons (Fsp3) is 0.353. The maximum Gasteiger partial charge on any atom is 0.260 e. The van der Waals surface area contributed by atoms with E-state index >= 15 is 0 Å². The summed E-state index contributed by atoms with van der Waals surface area (Å²) in [5, 5.41) is 0.658. The van der Waals surface area contributed by atoms with Gasteiger partial charge in [-0.25, -0.2) is 0 Å². The van der Waals surface area contributed by atoms with Gasteiger partial charge in [-0.3, -0.25) is 4.79 Å². The molecule has 0 unspecified atom stereocenters. The van der Waals surface area contributed by atoms with Gasteiger partial charge in [0.1, 0.15) is 5.75 Å². The molecule has 1 aromatic heterocycles. The van der Waals surface area contributed by atoms with Crippen LogP contribution in [0.5, 0.6) is 5.75 Å². The van der Waals surface area contributed by atoms with Gasteiger partial charge in [0.2, 0.25) is 0 Å². The van der Waals surface area contributed by atoms with E-state index in [1.807, 2.05) is 17.0 Å². The number of carbonyl (C=O) groups excluding carboxylic acids is 1. The lowest BCUT2D eigenvalue weighted by molar-refractivity contribution is -0.134. The Labute approximate surface area is 135 Å². The lowest BCUT2D eigenvalue weighted by atomic mass is 10.1. The van der Waals surface area contributed by atoms with Crippen LogP contribution in [0.3, 0.4) is 0 Å². The number of benzene rings is 1. The molecule has 4 nitrogen and oxygen atoms in total. The number of hydrogen-bond donors (Lipinski definition) is 0. The summed E-state index contributed by atoms with van der Waals surface area (Å²) in [5.41, 5.74) is 0. The summed E-state index contributed by atoms with van der Waals surface area (Å²) in [6.07, 6.45) is 6.15. The molecule has 0 saturated carbocycles. The van der Waals surface area contributed by atoms with Crippen LogP contribution in [0.15, 0.2) is 48.8 Å². The van der Waals surface area contributed by atoms with E-state index in [-0.39, 0.29) is 12.5 Å². The van der Waals surface area contributed by atoms with Crippen molar-refractivity contribution in [3.05, 3.63) is 53.8 Å². The van der Waals surface area contributed by atoms with E-state index in [2.05, 4.69) is 17.0 Å². The Balaban J connectivity index is 1.46. The lowest BCUT2D eigenvalue weighted by Crippen LogP contribution is -2.41. The second kappa shape index (κ2) is 6.88. The van der Waals surface area contributed by atoms with Crippen LogP contribution in [0.4, 0.5) is 0 Å². The van der Waals surface area contributed by atoms with Crippen molar-refractivity contribution in [1.29, 1.82) is 0 Å². The zero-order chi connectivity index (χ0) is 15.4. The fourth-order valence-corrected chi connectivity index (χ4v) is 2.90. The number of carbonyl (C=O) groups is 1. The largest absolute Gasteiger partial charge is 0.484 e. The molecule has 1 saturated heterocycles. The quantitative estimate of drug-likeness (QED) is 0.866. The molecule has 116 valence electrons. The fourth-order valence-electron chi connectivity index (χ4n) is 2.77. The molecule has 0 bridgehead atoms. The average Bonchev–Trinajstić information content (AvgIpc) is 3.09. The van der Waals surface area contributed by atoms with Crippen LogP contribution in [-0.4, -0.2) is 35.1 Å². The van der Waals surface area contributed by atoms with E-state index < -0.39 is 0 Å². The Morgan fingerprint density at radius 3 is 2.41 bits per heavy atom. The first-order valence-electron chi connectivity index (χ1n) is 7.51. The van der Waals surface area contributed by atoms with E-state index in [9.17, 15) is 4.79 Å². The minimum Gasteiger partial charge on any atom is -0.484 e. The molecule has 1 aromatic carbocycles. The molecule has 0 atom stereocenters. The van der Waals surface area contributed by atoms with E-state index in [1.54, 1.807) is 24.3 Å². The van der Waals surface area contributed by atoms with E-state index in [4.69, 9.17) is 16.3 Å². The Kier molecular flexibility index (Phi) is 4.68. The maximum absolute atomic E-state index is 12.2. The first-order chi connectivity index (χ1) is 10.7. The summed E-state index contributed by atoms with van der Waals surface area (Å²) >= 11 is 5.82. The molecule has 1 aliphatic heterocycles. The second-order valence-electron chi connectivity index (χ2n) is 5.48. The van der Waals surface area contributed by atoms with Crippen LogP contribution in [-0.2, 0) is 4.79 Å². The Morgan fingerprint density at radius 1 is 1.14 bits per heavy atom. The highest BCUT2D eigenvalue weighted by Crippen LogP contribution is 2.22. The molecular weight excluding hydrogens is 300 g/mol. The third-order valence-corrected chi connectivity index (χ3v) is 4.29. The van der Waals surface area contributed by atoms with Crippen LogP contribution in [0.25, 0.3) is 0 Å². The average molecular weight is 319 g/mol. The number of ether oxygens (including phenoxy) is 1. The second-order valence-corrected chi connectivity index (χ2v) is 5.92. The number of rotatable bonds is 4. The first-order valence-corrected chi connectivity index (χ1v) is 7.89. The smallest absolute Gasteiger partial charge is 0.260 e. The van der Waals surface area contributed by atoms with Crippen LogP contribution in [0.1, 0.15) is 18.9 Å². The van der Waals surface area contributed by atoms with Crippen LogP contribution < -0.4 is 4.74 Å². The van der Waals surface area contributed by atoms with E-state index in [0.717, 1.165) is 25.9 Å². The number of likely N-dealkylation sites (tertiary alicyclic amines) is 1. The van der Waals surface area contributed by atoms with Crippen molar-refractivity contribution < 1.29 is 9.53 Å². The van der Waals surface area contributed by atoms with Gasteiger partial charge in [0.15, 0.2) is 6.61 Å². The molecule has 2 heterocycles. The predicted molar refractivity (Wildman–Crippen MR) is 86.2 cm³/mol. The number of nitrogens with zero attached hydrogens (tertiary/aromatic N) is 2. The summed E-state index contributed by atoms with van der Waals surface area (Å²) < 4.78 is 7.75. The maximum atomic E-state index is 12.2. The summed E-state index contributed by atoms with van der Waals surface area (Å²) in [4.78, 5) is 14.1. The Bertz CT molecular complexity index is 602. The van der Waals surface area contributed by atoms with Crippen molar-refractivity contribution in [1.82, 2.24) is 9.47 Å². The monoisotopic (exact) mass is 318 g/mol. The zero-order valence-corrected chi connectivity index (χ0v) is 13.1. The number of amides is 1. The topological polar surface area (TPSA) is 34.5 Å². The highest BCUT2D eigenvalue weighted by atomic mass is 35.5. The Hall–Kier alpha value is -1.94. The van der Waals surface area contributed by atoms with Gasteiger partial charge in [0.05, 0.1) is 0 Å². The van der Waals surface area contributed by atoms with E-state index in [1.165, 1.54) is 0 Å². The predicted octanol–water partition coefficient (Wildman–Crippen LogP) is 3.38. The lowest BCUT2D eigenvalue weighted by Gasteiger charge is -2.32. The molecule has 5 heteroatoms. The van der Waals surface area contributed by atoms with Gasteiger partial charge in [0, 0.05) is 36.5 Å². The summed E-state index contributed by atoms with van der Waals surface area (Å²) in [6.45, 7) is 1.65. The molecule has 0 aliphatic carbocycles. The molecule has 0 radical (unpaired) electrons. The Morgan fingerprint density at radius 2 is 1.77 bits per heavy atom. The molecule has 2 aromatic rings. The highest BCUT2D eigenvalue weighted by Gasteiger charge is 2.23. The van der Waals surface area contributed by atoms with Crippen molar-refractivity contribution in [3.63, 3.8) is 0 Å². The van der Waals surface area contributed by atoms with Crippen molar-refractivity contribution in [3.8, 4) is 5.75 Å². The molecule has 1 amide bonds. The van der Waals surface area contributed by atoms with E-state index in [0.29, 0.717) is 16.8 Å².